The first-order valence-electron chi connectivity index (χ1n) is 7.34. The first-order valence-corrected chi connectivity index (χ1v) is 7.34. The highest BCUT2D eigenvalue weighted by Crippen LogP contribution is 2.22. The Bertz CT molecular complexity index is 668. The fourth-order valence-electron chi connectivity index (χ4n) is 2.33. The van der Waals surface area contributed by atoms with Gasteiger partial charge in [-0.15, -0.1) is 0 Å². The van der Waals surface area contributed by atoms with E-state index in [1.807, 2.05) is 27.7 Å². The predicted octanol–water partition coefficient (Wildman–Crippen LogP) is 2.31. The van der Waals surface area contributed by atoms with Crippen LogP contribution in [0.2, 0.25) is 0 Å². The molecule has 0 aromatic carbocycles. The van der Waals surface area contributed by atoms with Gasteiger partial charge in [0.25, 0.3) is 5.91 Å². The van der Waals surface area contributed by atoms with E-state index in [0.717, 1.165) is 11.5 Å². The Morgan fingerprint density at radius 2 is 2.14 bits per heavy atom. The monoisotopic (exact) mass is 305 g/mol. The Morgan fingerprint density at radius 1 is 1.45 bits per heavy atom. The van der Waals surface area contributed by atoms with Crippen LogP contribution >= 0.6 is 0 Å². The van der Waals surface area contributed by atoms with Crippen LogP contribution in [0.3, 0.4) is 0 Å². The summed E-state index contributed by atoms with van der Waals surface area (Å²) in [6.07, 6.45) is 1.55. The topological polar surface area (TPSA) is 80.3 Å². The summed E-state index contributed by atoms with van der Waals surface area (Å²) >= 11 is 0. The molecule has 6 heteroatoms. The lowest BCUT2D eigenvalue weighted by Gasteiger charge is -2.21. The summed E-state index contributed by atoms with van der Waals surface area (Å²) < 4.78 is 7.22. The van der Waals surface area contributed by atoms with E-state index in [4.69, 9.17) is 4.42 Å². The van der Waals surface area contributed by atoms with Gasteiger partial charge in [0.15, 0.2) is 0 Å². The second kappa shape index (κ2) is 5.96. The number of carbonyl (C=O) groups is 1. The lowest BCUT2D eigenvalue weighted by molar-refractivity contribution is 0.0323. The van der Waals surface area contributed by atoms with Crippen molar-refractivity contribution in [1.29, 1.82) is 0 Å². The van der Waals surface area contributed by atoms with Gasteiger partial charge in [-0.1, -0.05) is 0 Å². The highest BCUT2D eigenvalue weighted by atomic mass is 16.4. The van der Waals surface area contributed by atoms with Crippen molar-refractivity contribution in [2.45, 2.75) is 46.3 Å². The lowest BCUT2D eigenvalue weighted by Crippen LogP contribution is -2.38. The summed E-state index contributed by atoms with van der Waals surface area (Å²) in [5, 5.41) is 17.4. The number of aryl methyl sites for hydroxylation is 1. The highest BCUT2D eigenvalue weighted by Gasteiger charge is 2.28. The molecule has 0 saturated carbocycles. The molecule has 2 aromatic rings. The smallest absolute Gasteiger partial charge is 0.254 e. The maximum absolute atomic E-state index is 12.3. The molecule has 2 rings (SSSR count). The number of aromatic nitrogens is 2. The molecule has 22 heavy (non-hydrogen) atoms. The van der Waals surface area contributed by atoms with Crippen molar-refractivity contribution >= 4 is 5.91 Å². The molecule has 1 amide bonds. The molecule has 0 bridgehead atoms. The lowest BCUT2D eigenvalue weighted by atomic mass is 10.0. The average Bonchev–Trinajstić information content (AvgIpc) is 3.02. The number of nitrogens with one attached hydrogen (secondary N) is 1. The van der Waals surface area contributed by atoms with E-state index in [1.54, 1.807) is 29.9 Å². The van der Waals surface area contributed by atoms with Crippen LogP contribution < -0.4 is 5.32 Å². The molecule has 120 valence electrons. The predicted molar refractivity (Wildman–Crippen MR) is 82.7 cm³/mol. The molecule has 0 aliphatic rings. The zero-order chi connectivity index (χ0) is 16.5. The van der Waals surface area contributed by atoms with E-state index in [0.29, 0.717) is 11.3 Å². The zero-order valence-corrected chi connectivity index (χ0v) is 13.7. The van der Waals surface area contributed by atoms with E-state index in [1.165, 1.54) is 0 Å². The molecule has 1 unspecified atom stereocenters. The van der Waals surface area contributed by atoms with E-state index in [-0.39, 0.29) is 18.5 Å². The third kappa shape index (κ3) is 3.22. The van der Waals surface area contributed by atoms with Crippen molar-refractivity contribution in [1.82, 2.24) is 15.1 Å². The fraction of sp³-hybridized carbons (Fsp3) is 0.500. The Morgan fingerprint density at radius 3 is 2.64 bits per heavy atom. The van der Waals surface area contributed by atoms with Crippen molar-refractivity contribution < 1.29 is 14.3 Å². The number of nitrogens with zero attached hydrogens (tertiary/aromatic N) is 2. The third-order valence-electron chi connectivity index (χ3n) is 3.64. The first-order chi connectivity index (χ1) is 10.2. The van der Waals surface area contributed by atoms with Gasteiger partial charge >= 0.3 is 0 Å². The van der Waals surface area contributed by atoms with Gasteiger partial charge < -0.3 is 14.8 Å². The molecule has 0 saturated heterocycles. The fourth-order valence-corrected chi connectivity index (χ4v) is 2.33. The normalized spacial score (nSPS) is 14.1. The average molecular weight is 305 g/mol. The number of furan rings is 1. The van der Waals surface area contributed by atoms with Crippen molar-refractivity contribution in [3.63, 3.8) is 0 Å². The van der Waals surface area contributed by atoms with Crippen LogP contribution in [-0.2, 0) is 5.60 Å². The van der Waals surface area contributed by atoms with Crippen LogP contribution in [0.1, 0.15) is 54.4 Å². The van der Waals surface area contributed by atoms with Crippen molar-refractivity contribution in [3.8, 4) is 0 Å². The SMILES string of the molecule is Cc1ccc(C(C)(O)CNC(=O)c2cnn(C(C)C)c2C)o1. The Labute approximate surface area is 130 Å². The van der Waals surface area contributed by atoms with Crippen LogP contribution in [-0.4, -0.2) is 27.3 Å². The molecule has 2 aromatic heterocycles. The number of amides is 1. The number of hydrogen-bond donors (Lipinski definition) is 2. The number of aliphatic hydroxyl groups is 1. The van der Waals surface area contributed by atoms with Crippen LogP contribution in [0, 0.1) is 13.8 Å². The molecule has 2 heterocycles. The summed E-state index contributed by atoms with van der Waals surface area (Å²) in [6, 6.07) is 3.68. The zero-order valence-electron chi connectivity index (χ0n) is 13.7. The van der Waals surface area contributed by atoms with Gasteiger partial charge in [-0.2, -0.15) is 5.10 Å². The Kier molecular flexibility index (Phi) is 4.42. The van der Waals surface area contributed by atoms with Gasteiger partial charge in [-0.3, -0.25) is 9.48 Å². The molecular weight excluding hydrogens is 282 g/mol. The minimum atomic E-state index is -1.26. The molecule has 0 spiro atoms. The molecule has 0 aliphatic carbocycles. The van der Waals surface area contributed by atoms with Crippen molar-refractivity contribution in [2.75, 3.05) is 6.54 Å². The van der Waals surface area contributed by atoms with E-state index >= 15 is 0 Å². The highest BCUT2D eigenvalue weighted by molar-refractivity contribution is 5.95. The first kappa shape index (κ1) is 16.3. The molecule has 2 N–H and O–H groups in total. The molecular formula is C16H23N3O3. The molecule has 0 radical (unpaired) electrons. The summed E-state index contributed by atoms with van der Waals surface area (Å²) in [5.74, 6) is 0.892. The van der Waals surface area contributed by atoms with Crippen molar-refractivity contribution in [3.05, 3.63) is 41.1 Å². The van der Waals surface area contributed by atoms with Crippen LogP contribution in [0.5, 0.6) is 0 Å². The third-order valence-corrected chi connectivity index (χ3v) is 3.64. The van der Waals surface area contributed by atoms with Gasteiger partial charge in [-0.05, 0) is 46.8 Å². The molecule has 6 nitrogen and oxygen atoms in total. The Balaban J connectivity index is 2.07. The van der Waals surface area contributed by atoms with Gasteiger partial charge in [0.1, 0.15) is 17.1 Å². The second-order valence-electron chi connectivity index (χ2n) is 6.05. The number of hydrogen-bond acceptors (Lipinski definition) is 4. The summed E-state index contributed by atoms with van der Waals surface area (Å²) in [7, 11) is 0. The van der Waals surface area contributed by atoms with Crippen molar-refractivity contribution in [2.24, 2.45) is 0 Å². The molecule has 0 fully saturated rings. The van der Waals surface area contributed by atoms with E-state index in [9.17, 15) is 9.90 Å². The van der Waals surface area contributed by atoms with Gasteiger partial charge in [0, 0.05) is 11.7 Å². The summed E-state index contributed by atoms with van der Waals surface area (Å²) in [4.78, 5) is 12.3. The largest absolute Gasteiger partial charge is 0.463 e. The van der Waals surface area contributed by atoms with Crippen LogP contribution in [0.4, 0.5) is 0 Å². The van der Waals surface area contributed by atoms with Crippen LogP contribution in [0.15, 0.2) is 22.7 Å². The Hall–Kier alpha value is -2.08. The van der Waals surface area contributed by atoms with E-state index in [2.05, 4.69) is 10.4 Å². The standard InChI is InChI=1S/C16H23N3O3/c1-10(2)19-12(4)13(8-18-19)15(20)17-9-16(5,21)14-7-6-11(3)22-14/h6-8,10,21H,9H2,1-5H3,(H,17,20). The minimum absolute atomic E-state index is 0.0606. The minimum Gasteiger partial charge on any atom is -0.463 e. The maximum atomic E-state index is 12.3. The summed E-state index contributed by atoms with van der Waals surface area (Å²) in [5.41, 5.74) is 0.0624. The van der Waals surface area contributed by atoms with Crippen LogP contribution in [0.25, 0.3) is 0 Å². The van der Waals surface area contributed by atoms with Gasteiger partial charge in [0.05, 0.1) is 18.3 Å². The molecule has 0 aliphatic heterocycles. The van der Waals surface area contributed by atoms with E-state index < -0.39 is 5.60 Å². The number of carbonyl (C=O) groups excluding carboxylic acids is 1. The quantitative estimate of drug-likeness (QED) is 0.888. The maximum Gasteiger partial charge on any atom is 0.254 e. The van der Waals surface area contributed by atoms with Gasteiger partial charge in [0.2, 0.25) is 0 Å². The summed E-state index contributed by atoms with van der Waals surface area (Å²) in [6.45, 7) is 9.34. The molecule has 1 atom stereocenters. The number of rotatable bonds is 5. The second-order valence-corrected chi connectivity index (χ2v) is 6.05. The van der Waals surface area contributed by atoms with Gasteiger partial charge in [-0.25, -0.2) is 0 Å².